The van der Waals surface area contributed by atoms with Gasteiger partial charge < -0.3 is 10.2 Å². The van der Waals surface area contributed by atoms with Crippen molar-refractivity contribution in [1.82, 2.24) is 30.0 Å². The lowest BCUT2D eigenvalue weighted by molar-refractivity contribution is 0.208. The number of urea groups is 1. The summed E-state index contributed by atoms with van der Waals surface area (Å²) in [5.41, 5.74) is 0.908. The van der Waals surface area contributed by atoms with Gasteiger partial charge in [-0.3, -0.25) is 0 Å². The lowest BCUT2D eigenvalue weighted by Gasteiger charge is -2.16. The number of aromatic nitrogens is 4. The van der Waals surface area contributed by atoms with Crippen LogP contribution in [-0.2, 0) is 6.54 Å². The third-order valence-electron chi connectivity index (χ3n) is 3.33. The number of nitrogens with one attached hydrogen (secondary N) is 1. The summed E-state index contributed by atoms with van der Waals surface area (Å²) >= 11 is 0. The lowest BCUT2D eigenvalue weighted by atomic mass is 10.2. The Morgan fingerprint density at radius 2 is 2.20 bits per heavy atom. The van der Waals surface area contributed by atoms with Gasteiger partial charge >= 0.3 is 6.03 Å². The minimum atomic E-state index is -0.0177. The fourth-order valence-electron chi connectivity index (χ4n) is 2.30. The van der Waals surface area contributed by atoms with Gasteiger partial charge in [-0.05, 0) is 18.9 Å². The number of hydrogen-bond donors (Lipinski definition) is 1. The summed E-state index contributed by atoms with van der Waals surface area (Å²) in [7, 11) is 0. The van der Waals surface area contributed by atoms with Gasteiger partial charge in [-0.25, -0.2) is 19.4 Å². The van der Waals surface area contributed by atoms with Crippen LogP contribution in [0.4, 0.5) is 4.79 Å². The molecule has 1 N–H and O–H groups in total. The number of hydrogen-bond acceptors (Lipinski definition) is 4. The second kappa shape index (κ2) is 5.68. The highest BCUT2D eigenvalue weighted by atomic mass is 16.2. The molecular weight excluding hydrogens is 256 g/mol. The first-order valence-electron chi connectivity index (χ1n) is 6.66. The van der Waals surface area contributed by atoms with E-state index >= 15 is 0 Å². The Morgan fingerprint density at radius 3 is 2.95 bits per heavy atom. The molecule has 1 aliphatic heterocycles. The maximum atomic E-state index is 12.0. The van der Waals surface area contributed by atoms with Crippen LogP contribution in [0.5, 0.6) is 0 Å². The molecular formula is C13H16N6O. The van der Waals surface area contributed by atoms with Crippen molar-refractivity contribution in [2.45, 2.75) is 19.4 Å². The van der Waals surface area contributed by atoms with Crippen molar-refractivity contribution in [3.8, 4) is 5.82 Å². The molecule has 0 aliphatic carbocycles. The van der Waals surface area contributed by atoms with Crippen molar-refractivity contribution >= 4 is 6.03 Å². The zero-order chi connectivity index (χ0) is 13.8. The second-order valence-electron chi connectivity index (χ2n) is 4.68. The van der Waals surface area contributed by atoms with Crippen LogP contribution < -0.4 is 5.32 Å². The van der Waals surface area contributed by atoms with Gasteiger partial charge in [0.05, 0.1) is 0 Å². The SMILES string of the molecule is O=C(NCc1cccnc1-n1cncn1)N1CCCC1. The van der Waals surface area contributed by atoms with Crippen molar-refractivity contribution in [3.63, 3.8) is 0 Å². The van der Waals surface area contributed by atoms with Gasteiger partial charge in [-0.15, -0.1) is 0 Å². The zero-order valence-corrected chi connectivity index (χ0v) is 11.1. The maximum absolute atomic E-state index is 12.0. The van der Waals surface area contributed by atoms with Crippen LogP contribution in [0.3, 0.4) is 0 Å². The summed E-state index contributed by atoms with van der Waals surface area (Å²) in [5, 5.41) is 7.00. The molecule has 0 bridgehead atoms. The average Bonchev–Trinajstić information content (AvgIpc) is 3.17. The van der Waals surface area contributed by atoms with Crippen LogP contribution in [0.15, 0.2) is 31.0 Å². The molecule has 0 saturated carbocycles. The Labute approximate surface area is 116 Å². The molecule has 1 fully saturated rings. The van der Waals surface area contributed by atoms with Crippen LogP contribution in [0.1, 0.15) is 18.4 Å². The third-order valence-corrected chi connectivity index (χ3v) is 3.33. The van der Waals surface area contributed by atoms with E-state index in [9.17, 15) is 4.79 Å². The smallest absolute Gasteiger partial charge is 0.317 e. The molecule has 1 aliphatic rings. The molecule has 7 nitrogen and oxygen atoms in total. The van der Waals surface area contributed by atoms with Crippen molar-refractivity contribution in [2.75, 3.05) is 13.1 Å². The minimum absolute atomic E-state index is 0.0177. The van der Waals surface area contributed by atoms with Gasteiger partial charge in [0, 0.05) is 31.4 Å². The van der Waals surface area contributed by atoms with Crippen molar-refractivity contribution in [3.05, 3.63) is 36.5 Å². The van der Waals surface area contributed by atoms with E-state index in [1.165, 1.54) is 6.33 Å². The molecule has 20 heavy (non-hydrogen) atoms. The maximum Gasteiger partial charge on any atom is 0.317 e. The summed E-state index contributed by atoms with van der Waals surface area (Å²) in [4.78, 5) is 22.0. The van der Waals surface area contributed by atoms with Crippen LogP contribution in [0, 0.1) is 0 Å². The van der Waals surface area contributed by atoms with E-state index < -0.39 is 0 Å². The molecule has 2 aromatic heterocycles. The third kappa shape index (κ3) is 2.61. The van der Waals surface area contributed by atoms with E-state index in [1.807, 2.05) is 17.0 Å². The van der Waals surface area contributed by atoms with E-state index in [2.05, 4.69) is 20.4 Å². The quantitative estimate of drug-likeness (QED) is 0.903. The topological polar surface area (TPSA) is 75.9 Å². The molecule has 0 spiro atoms. The van der Waals surface area contributed by atoms with E-state index in [0.29, 0.717) is 12.4 Å². The van der Waals surface area contributed by atoms with Crippen LogP contribution in [-0.4, -0.2) is 43.8 Å². The van der Waals surface area contributed by atoms with Crippen LogP contribution in [0.25, 0.3) is 5.82 Å². The Hall–Kier alpha value is -2.44. The predicted octanol–water partition coefficient (Wildman–Crippen LogP) is 0.968. The lowest BCUT2D eigenvalue weighted by Crippen LogP contribution is -2.37. The molecule has 0 unspecified atom stereocenters. The summed E-state index contributed by atoms with van der Waals surface area (Å²) in [6.07, 6.45) is 6.92. The number of pyridine rings is 1. The highest BCUT2D eigenvalue weighted by molar-refractivity contribution is 5.74. The summed E-state index contributed by atoms with van der Waals surface area (Å²) < 4.78 is 1.59. The summed E-state index contributed by atoms with van der Waals surface area (Å²) in [6, 6.07) is 3.75. The number of carbonyl (C=O) groups is 1. The first kappa shape index (κ1) is 12.6. The largest absolute Gasteiger partial charge is 0.334 e. The summed E-state index contributed by atoms with van der Waals surface area (Å²) in [5.74, 6) is 0.687. The van der Waals surface area contributed by atoms with Gasteiger partial charge in [-0.1, -0.05) is 6.07 Å². The van der Waals surface area contributed by atoms with Crippen molar-refractivity contribution < 1.29 is 4.79 Å². The highest BCUT2D eigenvalue weighted by Gasteiger charge is 2.17. The van der Waals surface area contributed by atoms with E-state index in [-0.39, 0.29) is 6.03 Å². The molecule has 7 heteroatoms. The Bertz CT molecular complexity index is 576. The molecule has 1 saturated heterocycles. The van der Waals surface area contributed by atoms with Gasteiger partial charge in [0.25, 0.3) is 0 Å². The Morgan fingerprint density at radius 1 is 1.35 bits per heavy atom. The summed E-state index contributed by atoms with van der Waals surface area (Å²) in [6.45, 7) is 2.11. The standard InChI is InChI=1S/C13H16N6O/c20-13(18-6-1-2-7-18)16-8-11-4-3-5-15-12(11)19-10-14-9-17-19/h3-5,9-10H,1-2,6-8H2,(H,16,20). The van der Waals surface area contributed by atoms with E-state index in [0.717, 1.165) is 31.5 Å². The van der Waals surface area contributed by atoms with Gasteiger partial charge in [0.1, 0.15) is 12.7 Å². The number of carbonyl (C=O) groups excluding carboxylic acids is 1. The number of nitrogens with zero attached hydrogens (tertiary/aromatic N) is 5. The van der Waals surface area contributed by atoms with Crippen LogP contribution in [0.2, 0.25) is 0 Å². The number of rotatable bonds is 3. The fraction of sp³-hybridized carbons (Fsp3) is 0.385. The molecule has 104 valence electrons. The first-order chi connectivity index (χ1) is 9.84. The van der Waals surface area contributed by atoms with Gasteiger partial charge in [0.15, 0.2) is 5.82 Å². The Balaban J connectivity index is 1.70. The average molecular weight is 272 g/mol. The fourth-order valence-corrected chi connectivity index (χ4v) is 2.30. The van der Waals surface area contributed by atoms with E-state index in [1.54, 1.807) is 17.2 Å². The predicted molar refractivity (Wildman–Crippen MR) is 72.2 cm³/mol. The highest BCUT2D eigenvalue weighted by Crippen LogP contribution is 2.11. The molecule has 0 aromatic carbocycles. The number of amides is 2. The normalized spacial score (nSPS) is 14.5. The minimum Gasteiger partial charge on any atom is -0.334 e. The van der Waals surface area contributed by atoms with Crippen molar-refractivity contribution in [2.24, 2.45) is 0 Å². The van der Waals surface area contributed by atoms with Crippen LogP contribution >= 0.6 is 0 Å². The zero-order valence-electron chi connectivity index (χ0n) is 11.1. The van der Waals surface area contributed by atoms with Gasteiger partial charge in [-0.2, -0.15) is 5.10 Å². The first-order valence-corrected chi connectivity index (χ1v) is 6.66. The molecule has 2 amide bonds. The molecule has 0 radical (unpaired) electrons. The van der Waals surface area contributed by atoms with E-state index in [4.69, 9.17) is 0 Å². The molecule has 0 atom stereocenters. The van der Waals surface area contributed by atoms with Crippen molar-refractivity contribution in [1.29, 1.82) is 0 Å². The number of likely N-dealkylation sites (tertiary alicyclic amines) is 1. The monoisotopic (exact) mass is 272 g/mol. The molecule has 2 aromatic rings. The Kier molecular flexibility index (Phi) is 3.58. The molecule has 3 heterocycles. The molecule has 3 rings (SSSR count). The second-order valence-corrected chi connectivity index (χ2v) is 4.68. The van der Waals surface area contributed by atoms with Gasteiger partial charge in [0.2, 0.25) is 0 Å².